The number of rotatable bonds is 13. The van der Waals surface area contributed by atoms with Crippen LogP contribution in [0.3, 0.4) is 0 Å². The molecule has 0 amide bonds. The van der Waals surface area contributed by atoms with Crippen LogP contribution in [-0.4, -0.2) is 33.6 Å². The van der Waals surface area contributed by atoms with Crippen molar-refractivity contribution in [2.45, 2.75) is 57.4 Å². The van der Waals surface area contributed by atoms with E-state index in [0.717, 1.165) is 23.1 Å². The zero-order chi connectivity index (χ0) is 22.0. The minimum Gasteiger partial charge on any atom is -0.394 e. The molecule has 0 aromatic heterocycles. The van der Waals surface area contributed by atoms with Crippen molar-refractivity contribution in [1.29, 1.82) is 0 Å². The second-order valence-electron chi connectivity index (χ2n) is 7.99. The van der Waals surface area contributed by atoms with Crippen LogP contribution in [0, 0.1) is 0 Å². The molecule has 0 saturated heterocycles. The summed E-state index contributed by atoms with van der Waals surface area (Å²) in [4.78, 5) is 17.7. The molecule has 1 atom stereocenters. The smallest absolute Gasteiger partial charge is 0.394 e. The lowest BCUT2D eigenvalue weighted by molar-refractivity contribution is 0.102. The maximum atomic E-state index is 10.9. The minimum absolute atomic E-state index is 0.343. The van der Waals surface area contributed by atoms with Crippen LogP contribution < -0.4 is 5.73 Å². The number of hydrogen-bond acceptors (Lipinski definition) is 4. The SMILES string of the molecule is CCCCCCc1ccc(-c2ccc(CCC(N)(CO)COP(=O)(O)O)cc2)cc1. The number of phosphoric ester groups is 1. The number of unbranched alkanes of at least 4 members (excludes halogenated alkanes) is 3. The Bertz CT molecular complexity index is 803. The average molecular weight is 436 g/mol. The standard InChI is InChI=1S/C23H34NO5P/c1-2-3-4-5-6-19-7-11-21(12-8-19)22-13-9-20(10-14-22)15-16-23(24,17-25)18-29-30(26,27)28/h7-14,25H,2-6,15-18,24H2,1H3,(H2,26,27,28). The third kappa shape index (κ3) is 8.68. The molecule has 0 radical (unpaired) electrons. The Labute approximate surface area is 179 Å². The van der Waals surface area contributed by atoms with Crippen molar-refractivity contribution in [2.75, 3.05) is 13.2 Å². The molecule has 7 heteroatoms. The molecule has 5 N–H and O–H groups in total. The molecule has 0 heterocycles. The Morgan fingerprint density at radius 1 is 0.900 bits per heavy atom. The molecule has 0 aliphatic carbocycles. The quantitative estimate of drug-likeness (QED) is 0.277. The van der Waals surface area contributed by atoms with Crippen molar-refractivity contribution < 1.29 is 24.0 Å². The first kappa shape index (κ1) is 24.7. The van der Waals surface area contributed by atoms with Gasteiger partial charge in [0.2, 0.25) is 0 Å². The van der Waals surface area contributed by atoms with Gasteiger partial charge in [0, 0.05) is 0 Å². The summed E-state index contributed by atoms with van der Waals surface area (Å²) in [6.07, 6.45) is 7.10. The minimum atomic E-state index is -4.62. The number of benzene rings is 2. The lowest BCUT2D eigenvalue weighted by Crippen LogP contribution is -2.48. The number of aryl methyl sites for hydroxylation is 2. The van der Waals surface area contributed by atoms with Crippen LogP contribution in [-0.2, 0) is 21.9 Å². The molecule has 1 unspecified atom stereocenters. The summed E-state index contributed by atoms with van der Waals surface area (Å²) < 4.78 is 15.4. The normalized spacial score (nSPS) is 13.9. The molecule has 6 nitrogen and oxygen atoms in total. The van der Waals surface area contributed by atoms with Gasteiger partial charge in [-0.1, -0.05) is 74.7 Å². The van der Waals surface area contributed by atoms with Crippen LogP contribution in [0.2, 0.25) is 0 Å². The van der Waals surface area contributed by atoms with Crippen LogP contribution in [0.1, 0.15) is 50.2 Å². The lowest BCUT2D eigenvalue weighted by atomic mass is 9.93. The number of hydrogen-bond donors (Lipinski definition) is 4. The molecule has 2 aromatic carbocycles. The van der Waals surface area contributed by atoms with Crippen molar-refractivity contribution in [2.24, 2.45) is 5.73 Å². The van der Waals surface area contributed by atoms with E-state index in [1.54, 1.807) is 0 Å². The second-order valence-corrected chi connectivity index (χ2v) is 9.23. The third-order valence-corrected chi connectivity index (χ3v) is 5.77. The summed E-state index contributed by atoms with van der Waals surface area (Å²) >= 11 is 0. The van der Waals surface area contributed by atoms with Gasteiger partial charge in [-0.15, -0.1) is 0 Å². The highest BCUT2D eigenvalue weighted by Gasteiger charge is 2.28. The van der Waals surface area contributed by atoms with Gasteiger partial charge in [0.15, 0.2) is 0 Å². The number of aliphatic hydroxyl groups excluding tert-OH is 1. The zero-order valence-electron chi connectivity index (χ0n) is 17.7. The molecule has 2 aromatic rings. The van der Waals surface area contributed by atoms with Gasteiger partial charge < -0.3 is 20.6 Å². The first-order valence-corrected chi connectivity index (χ1v) is 12.1. The largest absolute Gasteiger partial charge is 0.469 e. The second kappa shape index (κ2) is 11.8. The van der Waals surface area contributed by atoms with Crippen molar-refractivity contribution in [3.8, 4) is 11.1 Å². The molecule has 166 valence electrons. The van der Waals surface area contributed by atoms with E-state index in [9.17, 15) is 9.67 Å². The molecular weight excluding hydrogens is 401 g/mol. The Morgan fingerprint density at radius 2 is 1.43 bits per heavy atom. The van der Waals surface area contributed by atoms with Gasteiger partial charge in [0.1, 0.15) is 0 Å². The van der Waals surface area contributed by atoms with Gasteiger partial charge in [0.25, 0.3) is 0 Å². The van der Waals surface area contributed by atoms with Gasteiger partial charge in [0.05, 0.1) is 18.8 Å². The molecule has 0 spiro atoms. The first-order chi connectivity index (χ1) is 14.2. The van der Waals surface area contributed by atoms with Crippen molar-refractivity contribution in [1.82, 2.24) is 0 Å². The molecule has 0 aliphatic heterocycles. The van der Waals surface area contributed by atoms with Gasteiger partial charge >= 0.3 is 7.82 Å². The van der Waals surface area contributed by atoms with E-state index < -0.39 is 26.6 Å². The van der Waals surface area contributed by atoms with E-state index in [2.05, 4.69) is 47.8 Å². The van der Waals surface area contributed by atoms with Gasteiger partial charge in [-0.2, -0.15) is 0 Å². The summed E-state index contributed by atoms with van der Waals surface area (Å²) in [5, 5.41) is 9.50. The monoisotopic (exact) mass is 435 g/mol. The van der Waals surface area contributed by atoms with E-state index in [-0.39, 0.29) is 0 Å². The fraction of sp³-hybridized carbons (Fsp3) is 0.478. The fourth-order valence-electron chi connectivity index (χ4n) is 3.29. The summed E-state index contributed by atoms with van der Waals surface area (Å²) in [5.74, 6) is 0. The van der Waals surface area contributed by atoms with E-state index in [1.165, 1.54) is 31.2 Å². The van der Waals surface area contributed by atoms with Crippen LogP contribution in [0.5, 0.6) is 0 Å². The van der Waals surface area contributed by atoms with Crippen molar-refractivity contribution in [3.63, 3.8) is 0 Å². The Morgan fingerprint density at radius 3 is 1.90 bits per heavy atom. The van der Waals surface area contributed by atoms with E-state index in [4.69, 9.17) is 15.5 Å². The maximum Gasteiger partial charge on any atom is 0.469 e. The Hall–Kier alpha value is -1.53. The number of nitrogens with two attached hydrogens (primary N) is 1. The third-order valence-electron chi connectivity index (χ3n) is 5.31. The highest BCUT2D eigenvalue weighted by molar-refractivity contribution is 7.46. The van der Waals surface area contributed by atoms with Crippen molar-refractivity contribution in [3.05, 3.63) is 59.7 Å². The molecular formula is C23H34NO5P. The highest BCUT2D eigenvalue weighted by Crippen LogP contribution is 2.37. The molecule has 0 aliphatic rings. The topological polar surface area (TPSA) is 113 Å². The predicted octanol–water partition coefficient (Wildman–Crippen LogP) is 4.21. The van der Waals surface area contributed by atoms with Gasteiger partial charge in [-0.3, -0.25) is 4.52 Å². The van der Waals surface area contributed by atoms with Crippen LogP contribution in [0.15, 0.2) is 48.5 Å². The van der Waals surface area contributed by atoms with E-state index in [0.29, 0.717) is 12.8 Å². The van der Waals surface area contributed by atoms with Crippen LogP contribution in [0.25, 0.3) is 11.1 Å². The maximum absolute atomic E-state index is 10.9. The van der Waals surface area contributed by atoms with Crippen LogP contribution in [0.4, 0.5) is 0 Å². The Balaban J connectivity index is 1.90. The van der Waals surface area contributed by atoms with Crippen molar-refractivity contribution >= 4 is 7.82 Å². The molecule has 2 rings (SSSR count). The predicted molar refractivity (Wildman–Crippen MR) is 120 cm³/mol. The number of aliphatic hydroxyl groups is 1. The summed E-state index contributed by atoms with van der Waals surface area (Å²) in [5.41, 5.74) is 9.51. The van der Waals surface area contributed by atoms with Gasteiger partial charge in [-0.25, -0.2) is 4.57 Å². The van der Waals surface area contributed by atoms with E-state index >= 15 is 0 Å². The number of phosphoric acid groups is 1. The molecule has 0 fully saturated rings. The summed E-state index contributed by atoms with van der Waals surface area (Å²) in [6.45, 7) is 1.40. The summed E-state index contributed by atoms with van der Waals surface area (Å²) in [7, 11) is -4.62. The molecule has 30 heavy (non-hydrogen) atoms. The Kier molecular flexibility index (Phi) is 9.69. The van der Waals surface area contributed by atoms with Gasteiger partial charge in [-0.05, 0) is 47.9 Å². The molecule has 0 bridgehead atoms. The lowest BCUT2D eigenvalue weighted by Gasteiger charge is -2.27. The molecule has 0 saturated carbocycles. The summed E-state index contributed by atoms with van der Waals surface area (Å²) in [6, 6.07) is 16.8. The highest BCUT2D eigenvalue weighted by atomic mass is 31.2. The first-order valence-electron chi connectivity index (χ1n) is 10.5. The van der Waals surface area contributed by atoms with E-state index in [1.807, 2.05) is 12.1 Å². The average Bonchev–Trinajstić information content (AvgIpc) is 2.74. The van der Waals surface area contributed by atoms with Crippen LogP contribution >= 0.6 is 7.82 Å². The fourth-order valence-corrected chi connectivity index (χ4v) is 3.71. The zero-order valence-corrected chi connectivity index (χ0v) is 18.6.